The molecule has 1 heterocycles. The van der Waals surface area contributed by atoms with Crippen molar-refractivity contribution in [2.75, 3.05) is 23.3 Å². The van der Waals surface area contributed by atoms with E-state index in [9.17, 15) is 18.3 Å². The molecule has 21 heavy (non-hydrogen) atoms. The van der Waals surface area contributed by atoms with Crippen molar-refractivity contribution < 1.29 is 18.3 Å². The van der Waals surface area contributed by atoms with E-state index in [-0.39, 0.29) is 4.88 Å². The van der Waals surface area contributed by atoms with Gasteiger partial charge < -0.3 is 10.4 Å². The predicted molar refractivity (Wildman–Crippen MR) is 84.7 cm³/mol. The molecule has 0 aliphatic rings. The molecule has 0 unspecified atom stereocenters. The van der Waals surface area contributed by atoms with Crippen LogP contribution in [0.15, 0.2) is 30.3 Å². The fourth-order valence-electron chi connectivity index (χ4n) is 1.86. The van der Waals surface area contributed by atoms with E-state index in [1.165, 1.54) is 0 Å². The molecular formula is C13H14N2O4S2. The topological polar surface area (TPSA) is 95.5 Å². The number of rotatable bonds is 5. The zero-order valence-electron chi connectivity index (χ0n) is 11.4. The van der Waals surface area contributed by atoms with Crippen LogP contribution in [0.4, 0.5) is 11.4 Å². The maximum Gasteiger partial charge on any atom is 0.348 e. The lowest BCUT2D eigenvalue weighted by Gasteiger charge is -2.08. The van der Waals surface area contributed by atoms with Crippen LogP contribution in [0.3, 0.4) is 0 Å². The second kappa shape index (κ2) is 5.74. The number of carboxylic acid groups (broad SMARTS) is 1. The van der Waals surface area contributed by atoms with Gasteiger partial charge in [-0.15, -0.1) is 11.3 Å². The highest BCUT2D eigenvalue weighted by atomic mass is 32.2. The van der Waals surface area contributed by atoms with Crippen molar-refractivity contribution in [3.8, 4) is 10.4 Å². The standard InChI is InChI=1S/C13H14N2O4S2/c1-14-10-7-11(20-12(10)13(16)17)8-5-3-4-6-9(8)15-21(2,18)19/h3-7,14-15H,1-2H3,(H,16,17). The molecule has 2 aromatic rings. The summed E-state index contributed by atoms with van der Waals surface area (Å²) < 4.78 is 25.2. The van der Waals surface area contributed by atoms with Gasteiger partial charge in [0.2, 0.25) is 10.0 Å². The normalized spacial score (nSPS) is 11.1. The molecule has 0 bridgehead atoms. The number of sulfonamides is 1. The van der Waals surface area contributed by atoms with E-state index >= 15 is 0 Å². The van der Waals surface area contributed by atoms with Crippen LogP contribution >= 0.6 is 11.3 Å². The van der Waals surface area contributed by atoms with Crippen LogP contribution in [0, 0.1) is 0 Å². The van der Waals surface area contributed by atoms with Crippen molar-refractivity contribution in [1.82, 2.24) is 0 Å². The van der Waals surface area contributed by atoms with Crippen molar-refractivity contribution in [2.24, 2.45) is 0 Å². The minimum atomic E-state index is -3.41. The Hall–Kier alpha value is -2.06. The Labute approximate surface area is 126 Å². The highest BCUT2D eigenvalue weighted by molar-refractivity contribution is 7.92. The molecule has 0 fully saturated rings. The van der Waals surface area contributed by atoms with Crippen LogP contribution in [0.5, 0.6) is 0 Å². The molecule has 0 amide bonds. The number of thiophene rings is 1. The third-order valence-corrected chi connectivity index (χ3v) is 4.43. The van der Waals surface area contributed by atoms with Crippen LogP contribution in [0.25, 0.3) is 10.4 Å². The summed E-state index contributed by atoms with van der Waals surface area (Å²) in [4.78, 5) is 12.0. The summed E-state index contributed by atoms with van der Waals surface area (Å²) in [5.74, 6) is -1.02. The molecular weight excluding hydrogens is 312 g/mol. The van der Waals surface area contributed by atoms with Gasteiger partial charge in [0.15, 0.2) is 0 Å². The Morgan fingerprint density at radius 2 is 1.90 bits per heavy atom. The maximum atomic E-state index is 11.4. The molecule has 112 valence electrons. The lowest BCUT2D eigenvalue weighted by molar-refractivity contribution is 0.0703. The number of carbonyl (C=O) groups is 1. The van der Waals surface area contributed by atoms with Crippen molar-refractivity contribution in [2.45, 2.75) is 0 Å². The van der Waals surface area contributed by atoms with Crippen LogP contribution in [-0.2, 0) is 10.0 Å². The number of nitrogens with one attached hydrogen (secondary N) is 2. The van der Waals surface area contributed by atoms with E-state index in [2.05, 4.69) is 10.0 Å². The zero-order chi connectivity index (χ0) is 15.6. The summed E-state index contributed by atoms with van der Waals surface area (Å²) in [5, 5.41) is 12.0. The van der Waals surface area contributed by atoms with E-state index in [0.29, 0.717) is 21.8 Å². The third-order valence-electron chi connectivity index (χ3n) is 2.68. The number of carboxylic acids is 1. The zero-order valence-corrected chi connectivity index (χ0v) is 13.0. The number of aromatic carboxylic acids is 1. The first kappa shape index (κ1) is 15.3. The molecule has 0 aliphatic heterocycles. The largest absolute Gasteiger partial charge is 0.477 e. The molecule has 0 saturated carbocycles. The molecule has 2 rings (SSSR count). The monoisotopic (exact) mass is 326 g/mol. The highest BCUT2D eigenvalue weighted by Crippen LogP contribution is 2.38. The first-order valence-corrected chi connectivity index (χ1v) is 8.64. The minimum absolute atomic E-state index is 0.182. The second-order valence-corrected chi connectivity index (χ2v) is 7.13. The Morgan fingerprint density at radius 3 is 2.43 bits per heavy atom. The summed E-state index contributed by atoms with van der Waals surface area (Å²) in [6.45, 7) is 0. The Kier molecular flexibility index (Phi) is 4.19. The molecule has 0 spiro atoms. The number of hydrogen-bond donors (Lipinski definition) is 3. The second-order valence-electron chi connectivity index (χ2n) is 4.33. The van der Waals surface area contributed by atoms with Gasteiger partial charge in [0.05, 0.1) is 17.6 Å². The minimum Gasteiger partial charge on any atom is -0.477 e. The summed E-state index contributed by atoms with van der Waals surface area (Å²) in [6.07, 6.45) is 1.07. The molecule has 0 aliphatic carbocycles. The van der Waals surface area contributed by atoms with Gasteiger partial charge in [-0.1, -0.05) is 18.2 Å². The van der Waals surface area contributed by atoms with Gasteiger partial charge in [-0.2, -0.15) is 0 Å². The summed E-state index contributed by atoms with van der Waals surface area (Å²) in [6, 6.07) is 8.54. The smallest absolute Gasteiger partial charge is 0.348 e. The van der Waals surface area contributed by atoms with E-state index in [4.69, 9.17) is 0 Å². The number of para-hydroxylation sites is 1. The van der Waals surface area contributed by atoms with Gasteiger partial charge in [-0.25, -0.2) is 13.2 Å². The first-order valence-electron chi connectivity index (χ1n) is 5.94. The average Bonchev–Trinajstić information content (AvgIpc) is 2.81. The summed E-state index contributed by atoms with van der Waals surface area (Å²) in [5.41, 5.74) is 1.55. The van der Waals surface area contributed by atoms with E-state index in [1.54, 1.807) is 37.4 Å². The SMILES string of the molecule is CNc1cc(-c2ccccc2NS(C)(=O)=O)sc1C(=O)O. The molecule has 8 heteroatoms. The van der Waals surface area contributed by atoms with Crippen molar-refractivity contribution in [3.63, 3.8) is 0 Å². The third kappa shape index (κ3) is 3.53. The number of hydrogen-bond acceptors (Lipinski definition) is 5. The first-order chi connectivity index (χ1) is 9.81. The van der Waals surface area contributed by atoms with Gasteiger partial charge in [-0.05, 0) is 12.1 Å². The molecule has 0 radical (unpaired) electrons. The fourth-order valence-corrected chi connectivity index (χ4v) is 3.48. The molecule has 6 nitrogen and oxygen atoms in total. The molecule has 0 saturated heterocycles. The van der Waals surface area contributed by atoms with Gasteiger partial charge in [0.1, 0.15) is 4.88 Å². The van der Waals surface area contributed by atoms with Gasteiger partial charge in [-0.3, -0.25) is 4.72 Å². The highest BCUT2D eigenvalue weighted by Gasteiger charge is 2.17. The average molecular weight is 326 g/mol. The van der Waals surface area contributed by atoms with E-state index < -0.39 is 16.0 Å². The lowest BCUT2D eigenvalue weighted by atomic mass is 10.1. The fraction of sp³-hybridized carbons (Fsp3) is 0.154. The summed E-state index contributed by atoms with van der Waals surface area (Å²) >= 11 is 1.09. The van der Waals surface area contributed by atoms with Crippen LogP contribution in [0.2, 0.25) is 0 Å². The Balaban J connectivity index is 2.55. The lowest BCUT2D eigenvalue weighted by Crippen LogP contribution is -2.10. The van der Waals surface area contributed by atoms with Gasteiger partial charge >= 0.3 is 5.97 Å². The number of benzene rings is 1. The van der Waals surface area contributed by atoms with Crippen molar-refractivity contribution in [3.05, 3.63) is 35.2 Å². The maximum absolute atomic E-state index is 11.4. The van der Waals surface area contributed by atoms with Gasteiger partial charge in [0.25, 0.3) is 0 Å². The predicted octanol–water partition coefficient (Wildman–Crippen LogP) is 2.53. The Bertz CT molecular complexity index is 781. The molecule has 0 atom stereocenters. The van der Waals surface area contributed by atoms with Crippen LogP contribution < -0.4 is 10.0 Å². The van der Waals surface area contributed by atoms with Crippen molar-refractivity contribution >= 4 is 38.7 Å². The van der Waals surface area contributed by atoms with Crippen LogP contribution in [-0.4, -0.2) is 32.8 Å². The van der Waals surface area contributed by atoms with E-state index in [1.807, 2.05) is 0 Å². The summed E-state index contributed by atoms with van der Waals surface area (Å²) in [7, 11) is -1.77. The molecule has 3 N–H and O–H groups in total. The van der Waals surface area contributed by atoms with Crippen molar-refractivity contribution in [1.29, 1.82) is 0 Å². The van der Waals surface area contributed by atoms with Gasteiger partial charge in [0, 0.05) is 17.5 Å². The molecule has 1 aromatic carbocycles. The molecule has 1 aromatic heterocycles. The quantitative estimate of drug-likeness (QED) is 0.785. The van der Waals surface area contributed by atoms with Crippen LogP contribution in [0.1, 0.15) is 9.67 Å². The number of anilines is 2. The Morgan fingerprint density at radius 1 is 1.24 bits per heavy atom. The van der Waals surface area contributed by atoms with E-state index in [0.717, 1.165) is 17.6 Å².